The number of benzene rings is 1. The Kier molecular flexibility index (Phi) is 5.78. The van der Waals surface area contributed by atoms with Crippen LogP contribution in [-0.2, 0) is 11.4 Å². The van der Waals surface area contributed by atoms with E-state index in [1.54, 1.807) is 34.5 Å². The van der Waals surface area contributed by atoms with Crippen molar-refractivity contribution in [2.24, 2.45) is 11.7 Å². The van der Waals surface area contributed by atoms with Crippen molar-refractivity contribution >= 4 is 34.8 Å². The van der Waals surface area contributed by atoms with Crippen molar-refractivity contribution in [2.45, 2.75) is 32.4 Å². The van der Waals surface area contributed by atoms with Crippen LogP contribution < -0.4 is 10.5 Å². The van der Waals surface area contributed by atoms with Gasteiger partial charge in [-0.3, -0.25) is 9.59 Å². The maximum atomic E-state index is 12.8. The summed E-state index contributed by atoms with van der Waals surface area (Å²) in [6, 6.07) is 7.12. The molecular weight excluding hydrogens is 374 g/mol. The molecule has 0 saturated carbocycles. The van der Waals surface area contributed by atoms with Gasteiger partial charge in [0.15, 0.2) is 0 Å². The summed E-state index contributed by atoms with van der Waals surface area (Å²) in [5.74, 6) is -0.129. The van der Waals surface area contributed by atoms with E-state index < -0.39 is 0 Å². The second-order valence-corrected chi connectivity index (χ2v) is 7.73. The quantitative estimate of drug-likeness (QED) is 0.845. The second-order valence-electron chi connectivity index (χ2n) is 6.35. The Balaban J connectivity index is 1.63. The van der Waals surface area contributed by atoms with E-state index in [2.05, 4.69) is 4.98 Å². The molecule has 1 fully saturated rings. The van der Waals surface area contributed by atoms with E-state index in [1.807, 2.05) is 6.92 Å². The van der Waals surface area contributed by atoms with Gasteiger partial charge in [0.05, 0.1) is 5.92 Å². The van der Waals surface area contributed by atoms with Crippen LogP contribution >= 0.6 is 22.9 Å². The Hall–Kier alpha value is -2.12. The van der Waals surface area contributed by atoms with Crippen molar-refractivity contribution in [1.82, 2.24) is 9.88 Å². The van der Waals surface area contributed by atoms with Crippen molar-refractivity contribution in [3.63, 3.8) is 0 Å². The standard InChI is InChI=1S/C18H20ClN3O3S/c1-11-2-3-12(17(20)23)8-22(11)18(24)15-10-26-16(21-15)9-25-14-6-4-13(19)5-7-14/h4-7,10-12H,2-3,8-9H2,1H3,(H2,20,23)/t11-,12+/m1/s1. The molecule has 1 aliphatic rings. The topological polar surface area (TPSA) is 85.5 Å². The smallest absolute Gasteiger partial charge is 0.273 e. The molecule has 1 aromatic heterocycles. The number of hydrogen-bond acceptors (Lipinski definition) is 5. The maximum absolute atomic E-state index is 12.8. The molecule has 8 heteroatoms. The summed E-state index contributed by atoms with van der Waals surface area (Å²) in [5, 5.41) is 3.08. The monoisotopic (exact) mass is 393 g/mol. The number of nitrogens with two attached hydrogens (primary N) is 1. The summed E-state index contributed by atoms with van der Waals surface area (Å²) < 4.78 is 5.66. The van der Waals surface area contributed by atoms with Crippen LogP contribution in [-0.4, -0.2) is 34.3 Å². The Labute approximate surface area is 160 Å². The van der Waals surface area contributed by atoms with Crippen molar-refractivity contribution in [2.75, 3.05) is 6.54 Å². The van der Waals surface area contributed by atoms with Crippen LogP contribution in [0.15, 0.2) is 29.6 Å². The predicted molar refractivity (Wildman–Crippen MR) is 100 cm³/mol. The van der Waals surface area contributed by atoms with E-state index in [0.29, 0.717) is 28.0 Å². The van der Waals surface area contributed by atoms with Gasteiger partial charge in [-0.25, -0.2) is 4.98 Å². The number of thiazole rings is 1. The zero-order chi connectivity index (χ0) is 18.7. The number of aromatic nitrogens is 1. The van der Waals surface area contributed by atoms with Gasteiger partial charge in [0.1, 0.15) is 23.1 Å². The van der Waals surface area contributed by atoms with Gasteiger partial charge in [-0.05, 0) is 44.0 Å². The average Bonchev–Trinajstić information content (AvgIpc) is 3.10. The molecule has 138 valence electrons. The van der Waals surface area contributed by atoms with Crippen molar-refractivity contribution in [1.29, 1.82) is 0 Å². The SMILES string of the molecule is C[C@@H]1CC[C@H](C(N)=O)CN1C(=O)c1csc(COc2ccc(Cl)cc2)n1. The molecule has 0 spiro atoms. The largest absolute Gasteiger partial charge is 0.486 e. The molecule has 0 radical (unpaired) electrons. The number of primary amides is 1. The number of carbonyl (C=O) groups is 2. The van der Waals surface area contributed by atoms with E-state index in [9.17, 15) is 9.59 Å². The molecule has 2 aromatic rings. The summed E-state index contributed by atoms with van der Waals surface area (Å²) in [7, 11) is 0. The number of rotatable bonds is 5. The third-order valence-corrected chi connectivity index (χ3v) is 5.57. The molecule has 0 bridgehead atoms. The fourth-order valence-electron chi connectivity index (χ4n) is 2.92. The van der Waals surface area contributed by atoms with Gasteiger partial charge in [-0.15, -0.1) is 11.3 Å². The molecule has 0 aliphatic carbocycles. The molecule has 26 heavy (non-hydrogen) atoms. The molecule has 2 heterocycles. The van der Waals surface area contributed by atoms with Crippen LogP contribution in [0.3, 0.4) is 0 Å². The fourth-order valence-corrected chi connectivity index (χ4v) is 3.73. The molecular formula is C18H20ClN3O3S. The Morgan fingerprint density at radius 2 is 2.08 bits per heavy atom. The van der Waals surface area contributed by atoms with E-state index in [1.165, 1.54) is 11.3 Å². The molecule has 2 atom stereocenters. The number of ether oxygens (including phenoxy) is 1. The van der Waals surface area contributed by atoms with Gasteiger partial charge in [-0.2, -0.15) is 0 Å². The number of carbonyl (C=O) groups excluding carboxylic acids is 2. The van der Waals surface area contributed by atoms with E-state index in [0.717, 1.165) is 12.8 Å². The summed E-state index contributed by atoms with van der Waals surface area (Å²) in [4.78, 5) is 30.3. The first kappa shape index (κ1) is 18.7. The van der Waals surface area contributed by atoms with Gasteiger partial charge in [0, 0.05) is 23.0 Å². The van der Waals surface area contributed by atoms with Gasteiger partial charge in [0.2, 0.25) is 5.91 Å². The summed E-state index contributed by atoms with van der Waals surface area (Å²) >= 11 is 7.22. The highest BCUT2D eigenvalue weighted by Crippen LogP contribution is 2.24. The Morgan fingerprint density at radius 1 is 1.35 bits per heavy atom. The van der Waals surface area contributed by atoms with Crippen molar-refractivity contribution in [3.05, 3.63) is 45.4 Å². The third-order valence-electron chi connectivity index (χ3n) is 4.49. The Bertz CT molecular complexity index is 793. The number of piperidine rings is 1. The molecule has 3 rings (SSSR count). The molecule has 2 N–H and O–H groups in total. The van der Waals surface area contributed by atoms with Crippen LogP contribution in [0.25, 0.3) is 0 Å². The van der Waals surface area contributed by atoms with Crippen LogP contribution in [0, 0.1) is 5.92 Å². The normalized spacial score (nSPS) is 20.0. The van der Waals surface area contributed by atoms with Crippen molar-refractivity contribution < 1.29 is 14.3 Å². The van der Waals surface area contributed by atoms with Crippen LogP contribution in [0.5, 0.6) is 5.75 Å². The molecule has 6 nitrogen and oxygen atoms in total. The minimum atomic E-state index is -0.356. The first-order valence-electron chi connectivity index (χ1n) is 8.37. The lowest BCUT2D eigenvalue weighted by atomic mass is 9.93. The second kappa shape index (κ2) is 8.05. The van der Waals surface area contributed by atoms with E-state index in [4.69, 9.17) is 22.1 Å². The first-order valence-corrected chi connectivity index (χ1v) is 9.63. The van der Waals surface area contributed by atoms with Gasteiger partial charge < -0.3 is 15.4 Å². The number of hydrogen-bond donors (Lipinski definition) is 1. The zero-order valence-corrected chi connectivity index (χ0v) is 15.9. The molecule has 1 saturated heterocycles. The van der Waals surface area contributed by atoms with E-state index in [-0.39, 0.29) is 30.4 Å². The van der Waals surface area contributed by atoms with Crippen molar-refractivity contribution in [3.8, 4) is 5.75 Å². The Morgan fingerprint density at radius 3 is 2.77 bits per heavy atom. The van der Waals surface area contributed by atoms with Gasteiger partial charge >= 0.3 is 0 Å². The summed E-state index contributed by atoms with van der Waals surface area (Å²) in [6.07, 6.45) is 1.48. The number of halogens is 1. The lowest BCUT2D eigenvalue weighted by molar-refractivity contribution is -0.123. The predicted octanol–water partition coefficient (Wildman–Crippen LogP) is 3.10. The molecule has 1 aromatic carbocycles. The lowest BCUT2D eigenvalue weighted by Crippen LogP contribution is -2.48. The maximum Gasteiger partial charge on any atom is 0.273 e. The van der Waals surface area contributed by atoms with Crippen LogP contribution in [0.2, 0.25) is 5.02 Å². The molecule has 1 aliphatic heterocycles. The highest BCUT2D eigenvalue weighted by molar-refractivity contribution is 7.09. The van der Waals surface area contributed by atoms with E-state index >= 15 is 0 Å². The van der Waals surface area contributed by atoms with Crippen LogP contribution in [0.4, 0.5) is 0 Å². The average molecular weight is 394 g/mol. The summed E-state index contributed by atoms with van der Waals surface area (Å²) in [5.41, 5.74) is 5.78. The van der Waals surface area contributed by atoms with Gasteiger partial charge in [0.25, 0.3) is 5.91 Å². The van der Waals surface area contributed by atoms with Crippen LogP contribution in [0.1, 0.15) is 35.3 Å². The minimum Gasteiger partial charge on any atom is -0.486 e. The number of likely N-dealkylation sites (tertiary alicyclic amines) is 1. The highest BCUT2D eigenvalue weighted by atomic mass is 35.5. The fraction of sp³-hybridized carbons (Fsp3) is 0.389. The number of amides is 2. The van der Waals surface area contributed by atoms with Gasteiger partial charge in [-0.1, -0.05) is 11.6 Å². The highest BCUT2D eigenvalue weighted by Gasteiger charge is 2.32. The third kappa shape index (κ3) is 4.34. The zero-order valence-electron chi connectivity index (χ0n) is 14.4. The molecule has 2 amide bonds. The number of nitrogens with zero attached hydrogens (tertiary/aromatic N) is 2. The summed E-state index contributed by atoms with van der Waals surface area (Å²) in [6.45, 7) is 2.61. The minimum absolute atomic E-state index is 0.0635. The lowest BCUT2D eigenvalue weighted by Gasteiger charge is -2.36. The molecule has 0 unspecified atom stereocenters. The first-order chi connectivity index (χ1) is 12.4.